The van der Waals surface area contributed by atoms with E-state index in [9.17, 15) is 4.79 Å². The lowest BCUT2D eigenvalue weighted by atomic mass is 9.82. The lowest BCUT2D eigenvalue weighted by molar-refractivity contribution is -0.129. The van der Waals surface area contributed by atoms with E-state index < -0.39 is 0 Å². The van der Waals surface area contributed by atoms with Gasteiger partial charge in [-0.1, -0.05) is 6.08 Å². The van der Waals surface area contributed by atoms with Crippen LogP contribution in [0.4, 0.5) is 5.69 Å². The van der Waals surface area contributed by atoms with Crippen molar-refractivity contribution in [2.75, 3.05) is 25.0 Å². The topological polar surface area (TPSA) is 32.3 Å². The number of hydrogen-bond acceptors (Lipinski definition) is 2. The summed E-state index contributed by atoms with van der Waals surface area (Å²) in [5.41, 5.74) is 0.870. The molecule has 1 fully saturated rings. The fourth-order valence-electron chi connectivity index (χ4n) is 2.73. The van der Waals surface area contributed by atoms with E-state index >= 15 is 0 Å². The number of carbonyl (C=O) groups is 1. The van der Waals surface area contributed by atoms with Crippen LogP contribution in [0.2, 0.25) is 0 Å². The third-order valence-corrected chi connectivity index (χ3v) is 4.51. The summed E-state index contributed by atoms with van der Waals surface area (Å²) in [7, 11) is 1.71. The Kier molecular flexibility index (Phi) is 4.50. The molecule has 0 aromatic heterocycles. The van der Waals surface area contributed by atoms with Crippen LogP contribution in [0.3, 0.4) is 0 Å². The zero-order chi connectivity index (χ0) is 13.9. The molecular weight excluding hydrogens is 351 g/mol. The van der Waals surface area contributed by atoms with Gasteiger partial charge in [0.1, 0.15) is 0 Å². The van der Waals surface area contributed by atoms with E-state index in [0.29, 0.717) is 0 Å². The number of halogens is 1. The highest BCUT2D eigenvalue weighted by molar-refractivity contribution is 14.1. The van der Waals surface area contributed by atoms with Gasteiger partial charge in [0.05, 0.1) is 5.41 Å². The number of allylic oxidation sites excluding steroid dienone is 1. The van der Waals surface area contributed by atoms with Crippen molar-refractivity contribution in [1.82, 2.24) is 5.32 Å². The summed E-state index contributed by atoms with van der Waals surface area (Å²) in [6.45, 7) is 5.48. The Labute approximate surface area is 128 Å². The van der Waals surface area contributed by atoms with Crippen molar-refractivity contribution < 1.29 is 4.79 Å². The van der Waals surface area contributed by atoms with Crippen molar-refractivity contribution in [2.45, 2.75) is 12.8 Å². The summed E-state index contributed by atoms with van der Waals surface area (Å²) in [4.78, 5) is 14.5. The van der Waals surface area contributed by atoms with Gasteiger partial charge in [-0.25, -0.2) is 0 Å². The van der Waals surface area contributed by atoms with Gasteiger partial charge in [0.15, 0.2) is 0 Å². The first-order valence-electron chi connectivity index (χ1n) is 6.45. The Morgan fingerprint density at radius 3 is 2.79 bits per heavy atom. The first kappa shape index (κ1) is 14.4. The maximum absolute atomic E-state index is 12.2. The molecule has 1 saturated heterocycles. The van der Waals surface area contributed by atoms with Crippen LogP contribution in [0, 0.1) is 8.99 Å². The van der Waals surface area contributed by atoms with Crippen LogP contribution in [0.25, 0.3) is 0 Å². The van der Waals surface area contributed by atoms with Gasteiger partial charge in [-0.05, 0) is 59.7 Å². The van der Waals surface area contributed by atoms with E-state index in [2.05, 4.69) is 63.7 Å². The number of anilines is 1. The summed E-state index contributed by atoms with van der Waals surface area (Å²) in [6.07, 6.45) is 3.46. The maximum Gasteiger partial charge on any atom is 0.228 e. The van der Waals surface area contributed by atoms with Crippen LogP contribution >= 0.6 is 22.6 Å². The fraction of sp³-hybridized carbons (Fsp3) is 0.400. The summed E-state index contributed by atoms with van der Waals surface area (Å²) in [5.74, 6) is 0.125. The lowest BCUT2D eigenvalue weighted by Gasteiger charge is -2.27. The number of nitrogens with one attached hydrogen (secondary N) is 1. The maximum atomic E-state index is 12.2. The van der Waals surface area contributed by atoms with Crippen molar-refractivity contribution >= 4 is 34.2 Å². The largest absolute Gasteiger partial charge is 0.370 e. The monoisotopic (exact) mass is 370 g/mol. The third kappa shape index (κ3) is 2.94. The average molecular weight is 370 g/mol. The highest BCUT2D eigenvalue weighted by Gasteiger charge is 2.43. The summed E-state index contributed by atoms with van der Waals surface area (Å²) < 4.78 is 1.23. The second-order valence-corrected chi connectivity index (χ2v) is 6.25. The van der Waals surface area contributed by atoms with Crippen LogP contribution < -0.4 is 10.2 Å². The lowest BCUT2D eigenvalue weighted by Crippen LogP contribution is -2.41. The molecule has 0 saturated carbocycles. The van der Waals surface area contributed by atoms with Gasteiger partial charge in [-0.2, -0.15) is 0 Å². The zero-order valence-electron chi connectivity index (χ0n) is 11.2. The molecular formula is C15H19IN2O. The molecule has 0 radical (unpaired) electrons. The highest BCUT2D eigenvalue weighted by Crippen LogP contribution is 2.37. The molecule has 1 amide bonds. The molecule has 0 bridgehead atoms. The van der Waals surface area contributed by atoms with Gasteiger partial charge in [-0.3, -0.25) is 4.79 Å². The molecule has 102 valence electrons. The average Bonchev–Trinajstić information content (AvgIpc) is 2.84. The molecule has 0 aliphatic carbocycles. The van der Waals surface area contributed by atoms with E-state index in [1.165, 1.54) is 9.26 Å². The predicted molar refractivity (Wildman–Crippen MR) is 87.3 cm³/mol. The van der Waals surface area contributed by atoms with Crippen LogP contribution in [-0.4, -0.2) is 26.0 Å². The number of amides is 1. The molecule has 1 aliphatic heterocycles. The van der Waals surface area contributed by atoms with E-state index in [-0.39, 0.29) is 11.3 Å². The first-order chi connectivity index (χ1) is 9.11. The summed E-state index contributed by atoms with van der Waals surface area (Å²) in [6, 6.07) is 8.44. The number of hydrogen-bond donors (Lipinski definition) is 1. The number of nitrogens with zero attached hydrogens (tertiary/aromatic N) is 1. The van der Waals surface area contributed by atoms with Crippen molar-refractivity contribution in [2.24, 2.45) is 5.41 Å². The van der Waals surface area contributed by atoms with Gasteiger partial charge < -0.3 is 10.2 Å². The smallest absolute Gasteiger partial charge is 0.228 e. The molecule has 1 atom stereocenters. The molecule has 2 rings (SSSR count). The second kappa shape index (κ2) is 5.94. The highest BCUT2D eigenvalue weighted by atomic mass is 127. The van der Waals surface area contributed by atoms with Gasteiger partial charge >= 0.3 is 0 Å². The Morgan fingerprint density at radius 1 is 1.53 bits per heavy atom. The number of benzene rings is 1. The molecule has 19 heavy (non-hydrogen) atoms. The molecule has 1 aromatic carbocycles. The summed E-state index contributed by atoms with van der Waals surface area (Å²) in [5, 5.41) is 2.80. The first-order valence-corrected chi connectivity index (χ1v) is 7.53. The van der Waals surface area contributed by atoms with Crippen molar-refractivity contribution in [3.63, 3.8) is 0 Å². The van der Waals surface area contributed by atoms with Crippen molar-refractivity contribution in [1.29, 1.82) is 0 Å². The van der Waals surface area contributed by atoms with E-state index in [4.69, 9.17) is 0 Å². The van der Waals surface area contributed by atoms with Gasteiger partial charge in [0.25, 0.3) is 0 Å². The minimum absolute atomic E-state index is 0.125. The number of rotatable bonds is 4. The Morgan fingerprint density at radius 2 is 2.21 bits per heavy atom. The molecule has 1 unspecified atom stereocenters. The second-order valence-electron chi connectivity index (χ2n) is 5.00. The van der Waals surface area contributed by atoms with Gasteiger partial charge in [-0.15, -0.1) is 6.58 Å². The van der Waals surface area contributed by atoms with E-state index in [1.54, 1.807) is 7.05 Å². The Hall–Kier alpha value is -1.04. The minimum Gasteiger partial charge on any atom is -0.370 e. The van der Waals surface area contributed by atoms with Crippen molar-refractivity contribution in [3.05, 3.63) is 40.5 Å². The summed E-state index contributed by atoms with van der Waals surface area (Å²) >= 11 is 2.30. The quantitative estimate of drug-likeness (QED) is 0.653. The standard InChI is InChI=1S/C15H19IN2O/c1-3-8-15(14(19)17-2)9-10-18(11-15)13-6-4-12(16)5-7-13/h3-7H,1,8-11H2,2H3,(H,17,19). The Balaban J connectivity index is 2.18. The molecule has 0 spiro atoms. The normalized spacial score (nSPS) is 22.3. The molecule has 3 nitrogen and oxygen atoms in total. The fourth-order valence-corrected chi connectivity index (χ4v) is 3.09. The van der Waals surface area contributed by atoms with Crippen LogP contribution in [0.15, 0.2) is 36.9 Å². The van der Waals surface area contributed by atoms with E-state index in [1.807, 2.05) is 6.08 Å². The molecule has 1 N–H and O–H groups in total. The molecule has 4 heteroatoms. The van der Waals surface area contributed by atoms with Gasteiger partial charge in [0.2, 0.25) is 5.91 Å². The van der Waals surface area contributed by atoms with E-state index in [0.717, 1.165) is 25.9 Å². The number of carbonyl (C=O) groups excluding carboxylic acids is 1. The van der Waals surface area contributed by atoms with Crippen LogP contribution in [0.5, 0.6) is 0 Å². The SMILES string of the molecule is C=CCC1(C(=O)NC)CCN(c2ccc(I)cc2)C1. The third-order valence-electron chi connectivity index (χ3n) is 3.79. The zero-order valence-corrected chi connectivity index (χ0v) is 13.3. The molecule has 1 heterocycles. The van der Waals surface area contributed by atoms with Gasteiger partial charge in [0, 0.05) is 29.4 Å². The minimum atomic E-state index is -0.320. The van der Waals surface area contributed by atoms with Crippen LogP contribution in [0.1, 0.15) is 12.8 Å². The Bertz CT molecular complexity index is 472. The predicted octanol–water partition coefficient (Wildman–Crippen LogP) is 2.81. The van der Waals surface area contributed by atoms with Crippen LogP contribution in [-0.2, 0) is 4.79 Å². The molecule has 1 aromatic rings. The molecule has 1 aliphatic rings. The van der Waals surface area contributed by atoms with Crippen molar-refractivity contribution in [3.8, 4) is 0 Å².